The van der Waals surface area contributed by atoms with Gasteiger partial charge in [0.05, 0.1) is 5.69 Å². The van der Waals surface area contributed by atoms with Gasteiger partial charge in [-0.05, 0) is 75.4 Å². The van der Waals surface area contributed by atoms with Crippen LogP contribution in [-0.4, -0.2) is 34.7 Å². The molecule has 7 nitrogen and oxygen atoms in total. The van der Waals surface area contributed by atoms with Crippen LogP contribution in [0.1, 0.15) is 46.6 Å². The van der Waals surface area contributed by atoms with Crippen LogP contribution in [0.3, 0.4) is 0 Å². The molecule has 0 unspecified atom stereocenters. The van der Waals surface area contributed by atoms with E-state index in [1.54, 1.807) is 0 Å². The first-order valence-corrected chi connectivity index (χ1v) is 11.6. The van der Waals surface area contributed by atoms with E-state index in [2.05, 4.69) is 29.3 Å². The lowest BCUT2D eigenvalue weighted by molar-refractivity contribution is -0.122. The molecule has 2 heterocycles. The first-order chi connectivity index (χ1) is 16.0. The van der Waals surface area contributed by atoms with Crippen LogP contribution in [0.15, 0.2) is 48.5 Å². The molecular weight excluding hydrogens is 414 g/mol. The van der Waals surface area contributed by atoms with Crippen LogP contribution < -0.4 is 16.0 Å². The highest BCUT2D eigenvalue weighted by Crippen LogP contribution is 2.29. The molecule has 0 spiro atoms. The molecule has 1 aliphatic heterocycles. The summed E-state index contributed by atoms with van der Waals surface area (Å²) in [6.45, 7) is 3.67. The fraction of sp³-hybridized carbons (Fsp3) is 0.346. The average Bonchev–Trinajstić information content (AvgIpc) is 3.43. The Morgan fingerprint density at radius 3 is 2.30 bits per heavy atom. The van der Waals surface area contributed by atoms with Gasteiger partial charge in [-0.3, -0.25) is 9.59 Å². The maximum atomic E-state index is 13.1. The van der Waals surface area contributed by atoms with Gasteiger partial charge in [0.2, 0.25) is 5.91 Å². The van der Waals surface area contributed by atoms with Crippen molar-refractivity contribution >= 4 is 23.2 Å². The number of fused-ring (bicyclic) bond motifs is 1. The van der Waals surface area contributed by atoms with E-state index in [0.29, 0.717) is 5.69 Å². The largest absolute Gasteiger partial charge is 0.371 e. The number of amides is 2. The van der Waals surface area contributed by atoms with Gasteiger partial charge in [-0.1, -0.05) is 17.7 Å². The highest BCUT2D eigenvalue weighted by atomic mass is 16.2. The summed E-state index contributed by atoms with van der Waals surface area (Å²) in [7, 11) is 0. The van der Waals surface area contributed by atoms with Gasteiger partial charge in [-0.15, -0.1) is 0 Å². The van der Waals surface area contributed by atoms with Crippen molar-refractivity contribution in [1.29, 1.82) is 0 Å². The van der Waals surface area contributed by atoms with E-state index >= 15 is 0 Å². The summed E-state index contributed by atoms with van der Waals surface area (Å²) in [5.41, 5.74) is 12.2. The third-order valence-electron chi connectivity index (χ3n) is 6.81. The van der Waals surface area contributed by atoms with Gasteiger partial charge in [-0.2, -0.15) is 5.10 Å². The molecule has 1 aliphatic carbocycles. The van der Waals surface area contributed by atoms with Crippen molar-refractivity contribution in [2.75, 3.05) is 23.3 Å². The third kappa shape index (κ3) is 4.23. The topological polar surface area (TPSA) is 93.2 Å². The number of hydrogen-bond donors (Lipinski definition) is 2. The van der Waals surface area contributed by atoms with Gasteiger partial charge >= 0.3 is 0 Å². The number of nitrogens with zero attached hydrogens (tertiary/aromatic N) is 3. The van der Waals surface area contributed by atoms with Crippen molar-refractivity contribution in [3.05, 3.63) is 71.0 Å². The zero-order chi connectivity index (χ0) is 22.9. The number of hydrogen-bond acceptors (Lipinski definition) is 4. The van der Waals surface area contributed by atoms with Gasteiger partial charge in [0, 0.05) is 41.6 Å². The van der Waals surface area contributed by atoms with Crippen LogP contribution in [0, 0.1) is 12.8 Å². The Morgan fingerprint density at radius 2 is 1.64 bits per heavy atom. The Morgan fingerprint density at radius 1 is 0.970 bits per heavy atom. The summed E-state index contributed by atoms with van der Waals surface area (Å²) >= 11 is 0. The Bertz CT molecular complexity index is 1170. The predicted octanol–water partition coefficient (Wildman–Crippen LogP) is 3.62. The van der Waals surface area contributed by atoms with Gasteiger partial charge in [-0.25, -0.2) is 4.68 Å². The number of anilines is 2. The van der Waals surface area contributed by atoms with Gasteiger partial charge < -0.3 is 16.0 Å². The first kappa shape index (κ1) is 21.2. The van der Waals surface area contributed by atoms with E-state index in [4.69, 9.17) is 10.8 Å². The fourth-order valence-electron chi connectivity index (χ4n) is 4.89. The SMILES string of the molecule is Cc1ccc(-n2nc(C(=O)Nc3ccc(N4CCC(C(N)=O)CC4)cc3)c3c2CCC3)cc1. The summed E-state index contributed by atoms with van der Waals surface area (Å²) in [6.07, 6.45) is 4.42. The van der Waals surface area contributed by atoms with E-state index in [-0.39, 0.29) is 17.7 Å². The smallest absolute Gasteiger partial charge is 0.276 e. The molecule has 3 aromatic rings. The summed E-state index contributed by atoms with van der Waals surface area (Å²) in [5, 5.41) is 7.72. The van der Waals surface area contributed by atoms with Gasteiger partial charge in [0.15, 0.2) is 5.69 Å². The minimum atomic E-state index is -0.205. The molecule has 0 saturated carbocycles. The van der Waals surface area contributed by atoms with E-state index < -0.39 is 0 Å². The van der Waals surface area contributed by atoms with Crippen LogP contribution in [0.5, 0.6) is 0 Å². The minimum absolute atomic E-state index is 0.0266. The van der Waals surface area contributed by atoms with Crippen LogP contribution in [0.2, 0.25) is 0 Å². The van der Waals surface area contributed by atoms with Crippen LogP contribution in [0.25, 0.3) is 5.69 Å². The molecule has 7 heteroatoms. The zero-order valence-corrected chi connectivity index (χ0v) is 18.9. The Balaban J connectivity index is 1.30. The van der Waals surface area contributed by atoms with Crippen molar-refractivity contribution in [3.63, 3.8) is 0 Å². The zero-order valence-electron chi connectivity index (χ0n) is 18.9. The van der Waals surface area contributed by atoms with Crippen molar-refractivity contribution in [1.82, 2.24) is 9.78 Å². The number of nitrogens with one attached hydrogen (secondary N) is 1. The number of rotatable bonds is 5. The van der Waals surface area contributed by atoms with Crippen LogP contribution in [0.4, 0.5) is 11.4 Å². The van der Waals surface area contributed by atoms with Crippen molar-refractivity contribution in [2.24, 2.45) is 11.7 Å². The molecule has 0 atom stereocenters. The van der Waals surface area contributed by atoms with Gasteiger partial charge in [0.1, 0.15) is 0 Å². The number of nitrogens with two attached hydrogens (primary N) is 1. The van der Waals surface area contributed by atoms with Crippen LogP contribution in [-0.2, 0) is 17.6 Å². The second-order valence-corrected chi connectivity index (χ2v) is 9.04. The molecular formula is C26H29N5O2. The molecule has 0 bridgehead atoms. The van der Waals surface area contributed by atoms with Crippen molar-refractivity contribution < 1.29 is 9.59 Å². The molecule has 1 aromatic heterocycles. The molecule has 2 aromatic carbocycles. The average molecular weight is 444 g/mol. The van der Waals surface area contributed by atoms with E-state index in [9.17, 15) is 9.59 Å². The lowest BCUT2D eigenvalue weighted by Gasteiger charge is -2.32. The summed E-state index contributed by atoms with van der Waals surface area (Å²) in [4.78, 5) is 26.8. The van der Waals surface area contributed by atoms with E-state index in [0.717, 1.165) is 73.5 Å². The number of piperidine rings is 1. The fourth-order valence-corrected chi connectivity index (χ4v) is 4.89. The summed E-state index contributed by atoms with van der Waals surface area (Å²) in [6, 6.07) is 16.1. The molecule has 170 valence electrons. The summed E-state index contributed by atoms with van der Waals surface area (Å²) in [5.74, 6) is -0.403. The Hall–Kier alpha value is -3.61. The normalized spacial score (nSPS) is 16.0. The van der Waals surface area contributed by atoms with Gasteiger partial charge in [0.25, 0.3) is 5.91 Å². The molecule has 1 saturated heterocycles. The van der Waals surface area contributed by atoms with E-state index in [1.165, 1.54) is 5.56 Å². The lowest BCUT2D eigenvalue weighted by atomic mass is 9.96. The molecule has 2 aliphatic rings. The molecule has 1 fully saturated rings. The number of aromatic nitrogens is 2. The molecule has 2 amide bonds. The number of carbonyl (C=O) groups excluding carboxylic acids is 2. The standard InChI is InChI=1S/C26H29N5O2/c1-17-5-9-21(10-6-17)31-23-4-2-3-22(23)24(29-31)26(33)28-19-7-11-20(12-8-19)30-15-13-18(14-16-30)25(27)32/h5-12,18H,2-4,13-16H2,1H3,(H2,27,32)(H,28,33). The lowest BCUT2D eigenvalue weighted by Crippen LogP contribution is -2.38. The highest BCUT2D eigenvalue weighted by Gasteiger charge is 2.27. The first-order valence-electron chi connectivity index (χ1n) is 11.6. The molecule has 3 N–H and O–H groups in total. The van der Waals surface area contributed by atoms with E-state index in [1.807, 2.05) is 41.1 Å². The summed E-state index contributed by atoms with van der Waals surface area (Å²) < 4.78 is 1.93. The molecule has 0 radical (unpaired) electrons. The maximum Gasteiger partial charge on any atom is 0.276 e. The second-order valence-electron chi connectivity index (χ2n) is 9.04. The monoisotopic (exact) mass is 443 g/mol. The number of primary amides is 1. The van der Waals surface area contributed by atoms with Crippen molar-refractivity contribution in [3.8, 4) is 5.69 Å². The Labute approximate surface area is 193 Å². The quantitative estimate of drug-likeness (QED) is 0.630. The number of benzene rings is 2. The number of aryl methyl sites for hydroxylation is 1. The number of carbonyl (C=O) groups is 2. The Kier molecular flexibility index (Phi) is 5.62. The third-order valence-corrected chi connectivity index (χ3v) is 6.81. The van der Waals surface area contributed by atoms with Crippen LogP contribution >= 0.6 is 0 Å². The maximum absolute atomic E-state index is 13.1. The van der Waals surface area contributed by atoms with Crippen molar-refractivity contribution in [2.45, 2.75) is 39.0 Å². The minimum Gasteiger partial charge on any atom is -0.371 e. The highest BCUT2D eigenvalue weighted by molar-refractivity contribution is 6.04. The predicted molar refractivity (Wildman–Crippen MR) is 129 cm³/mol. The molecule has 33 heavy (non-hydrogen) atoms. The second kappa shape index (κ2) is 8.73. The molecule has 5 rings (SSSR count).